The summed E-state index contributed by atoms with van der Waals surface area (Å²) in [7, 11) is 1.64. The van der Waals surface area contributed by atoms with E-state index < -0.39 is 0 Å². The largest absolute Gasteiger partial charge is 0.385 e. The van der Waals surface area contributed by atoms with Crippen molar-refractivity contribution in [3.8, 4) is 0 Å². The van der Waals surface area contributed by atoms with Crippen LogP contribution in [-0.4, -0.2) is 42.6 Å². The third-order valence-corrected chi connectivity index (χ3v) is 4.75. The fraction of sp³-hybridized carbons (Fsp3) is 0.857. The average Bonchev–Trinajstić information content (AvgIpc) is 2.54. The first kappa shape index (κ1) is 14.3. The van der Waals surface area contributed by atoms with Gasteiger partial charge in [0, 0.05) is 13.7 Å². The van der Waals surface area contributed by atoms with Crippen LogP contribution in [0.4, 0.5) is 4.79 Å². The first-order valence-corrected chi connectivity index (χ1v) is 6.99. The lowest BCUT2D eigenvalue weighted by atomic mass is 9.63. The third kappa shape index (κ3) is 2.24. The fourth-order valence-electron chi connectivity index (χ4n) is 3.70. The molecule has 0 aromatic carbocycles. The molecule has 5 heteroatoms. The van der Waals surface area contributed by atoms with E-state index in [0.29, 0.717) is 30.3 Å². The van der Waals surface area contributed by atoms with Gasteiger partial charge in [-0.1, -0.05) is 20.8 Å². The number of nitrogens with two attached hydrogens (primary N) is 1. The molecule has 1 fully saturated rings. The van der Waals surface area contributed by atoms with E-state index in [2.05, 4.69) is 25.8 Å². The standard InChI is InChI=1S/C14H25N3O2/c1-10-9-13(2,3)5-6-14(10)11(15)16-12(18)17(14)7-8-19-4/h10H,5-9H2,1-4H3,(H2,15,16,18). The number of aliphatic imine (C=N–C) groups is 1. The predicted octanol–water partition coefficient (Wildman–Crippen LogP) is 2.01. The number of amides is 2. The maximum Gasteiger partial charge on any atom is 0.346 e. The number of urea groups is 1. The Labute approximate surface area is 115 Å². The maximum atomic E-state index is 12.1. The first-order valence-electron chi connectivity index (χ1n) is 6.99. The molecule has 1 aliphatic heterocycles. The van der Waals surface area contributed by atoms with Gasteiger partial charge in [-0.2, -0.15) is 4.99 Å². The van der Waals surface area contributed by atoms with Crippen LogP contribution in [0.2, 0.25) is 0 Å². The highest BCUT2D eigenvalue weighted by molar-refractivity contribution is 6.06. The summed E-state index contributed by atoms with van der Waals surface area (Å²) in [6.07, 6.45) is 3.01. The molecule has 1 aliphatic carbocycles. The molecular formula is C14H25N3O2. The van der Waals surface area contributed by atoms with E-state index in [9.17, 15) is 4.79 Å². The van der Waals surface area contributed by atoms with Crippen LogP contribution in [0.25, 0.3) is 0 Å². The lowest BCUT2D eigenvalue weighted by molar-refractivity contribution is 0.0380. The van der Waals surface area contributed by atoms with Crippen molar-refractivity contribution in [1.29, 1.82) is 0 Å². The highest BCUT2D eigenvalue weighted by Crippen LogP contribution is 2.48. The number of hydrogen-bond acceptors (Lipinski definition) is 3. The summed E-state index contributed by atoms with van der Waals surface area (Å²) in [5, 5.41) is 0. The Morgan fingerprint density at radius 2 is 2.16 bits per heavy atom. The van der Waals surface area contributed by atoms with Crippen molar-refractivity contribution in [3.05, 3.63) is 0 Å². The van der Waals surface area contributed by atoms with E-state index in [4.69, 9.17) is 10.5 Å². The van der Waals surface area contributed by atoms with E-state index >= 15 is 0 Å². The van der Waals surface area contributed by atoms with Gasteiger partial charge in [0.2, 0.25) is 0 Å². The van der Waals surface area contributed by atoms with Gasteiger partial charge in [-0.3, -0.25) is 0 Å². The van der Waals surface area contributed by atoms with Crippen LogP contribution in [0.1, 0.15) is 40.0 Å². The summed E-state index contributed by atoms with van der Waals surface area (Å²) in [4.78, 5) is 17.9. The van der Waals surface area contributed by atoms with E-state index in [0.717, 1.165) is 19.3 Å². The molecule has 0 saturated heterocycles. The number of carbonyl (C=O) groups excluding carboxylic acids is 1. The second-order valence-electron chi connectivity index (χ2n) is 6.62. The molecule has 0 radical (unpaired) electrons. The van der Waals surface area contributed by atoms with Crippen LogP contribution in [0, 0.1) is 11.3 Å². The summed E-state index contributed by atoms with van der Waals surface area (Å²) in [6, 6.07) is -0.207. The number of rotatable bonds is 3. The Kier molecular flexibility index (Phi) is 3.60. The zero-order valence-electron chi connectivity index (χ0n) is 12.4. The molecule has 19 heavy (non-hydrogen) atoms. The van der Waals surface area contributed by atoms with Crippen molar-refractivity contribution >= 4 is 11.9 Å². The lowest BCUT2D eigenvalue weighted by Gasteiger charge is -2.50. The molecule has 0 aromatic rings. The molecule has 2 unspecified atom stereocenters. The van der Waals surface area contributed by atoms with E-state index in [1.165, 1.54) is 0 Å². The molecule has 0 aromatic heterocycles. The number of nitrogens with zero attached hydrogens (tertiary/aromatic N) is 2. The summed E-state index contributed by atoms with van der Waals surface area (Å²) in [5.41, 5.74) is 6.05. The minimum Gasteiger partial charge on any atom is -0.385 e. The zero-order chi connectivity index (χ0) is 14.3. The Hall–Kier alpha value is -1.10. The van der Waals surface area contributed by atoms with Gasteiger partial charge in [-0.05, 0) is 30.6 Å². The van der Waals surface area contributed by atoms with Crippen LogP contribution in [0.15, 0.2) is 4.99 Å². The first-order chi connectivity index (χ1) is 8.83. The van der Waals surface area contributed by atoms with E-state index in [1.54, 1.807) is 7.11 Å². The summed E-state index contributed by atoms with van der Waals surface area (Å²) in [5.74, 6) is 0.819. The van der Waals surface area contributed by atoms with Gasteiger partial charge < -0.3 is 15.4 Å². The molecule has 1 saturated carbocycles. The molecule has 2 atom stereocenters. The van der Waals surface area contributed by atoms with Gasteiger partial charge >= 0.3 is 6.03 Å². The second-order valence-corrected chi connectivity index (χ2v) is 6.62. The van der Waals surface area contributed by atoms with Gasteiger partial charge in [0.1, 0.15) is 11.4 Å². The van der Waals surface area contributed by atoms with Crippen LogP contribution >= 0.6 is 0 Å². The van der Waals surface area contributed by atoms with Crippen molar-refractivity contribution in [2.45, 2.75) is 45.6 Å². The monoisotopic (exact) mass is 267 g/mol. The SMILES string of the molecule is COCCN1C(=O)N=C(N)C12CCC(C)(C)CC2C. The van der Waals surface area contributed by atoms with Crippen molar-refractivity contribution < 1.29 is 9.53 Å². The smallest absolute Gasteiger partial charge is 0.346 e. The summed E-state index contributed by atoms with van der Waals surface area (Å²) < 4.78 is 5.11. The van der Waals surface area contributed by atoms with Gasteiger partial charge in [0.25, 0.3) is 0 Å². The van der Waals surface area contributed by atoms with Crippen molar-refractivity contribution in [3.63, 3.8) is 0 Å². The highest BCUT2D eigenvalue weighted by Gasteiger charge is 2.55. The van der Waals surface area contributed by atoms with Gasteiger partial charge in [0.05, 0.1) is 6.61 Å². The number of carbonyl (C=O) groups is 1. The van der Waals surface area contributed by atoms with E-state index in [1.807, 2.05) is 4.90 Å². The lowest BCUT2D eigenvalue weighted by Crippen LogP contribution is -2.61. The molecule has 2 amide bonds. The number of amidine groups is 1. The van der Waals surface area contributed by atoms with Crippen molar-refractivity contribution in [2.75, 3.05) is 20.3 Å². The molecular weight excluding hydrogens is 242 g/mol. The van der Waals surface area contributed by atoms with Crippen LogP contribution in [0.3, 0.4) is 0 Å². The molecule has 1 heterocycles. The maximum absolute atomic E-state index is 12.1. The second kappa shape index (κ2) is 4.78. The quantitative estimate of drug-likeness (QED) is 0.850. The Balaban J connectivity index is 2.28. The van der Waals surface area contributed by atoms with E-state index in [-0.39, 0.29) is 11.6 Å². The van der Waals surface area contributed by atoms with Crippen LogP contribution < -0.4 is 5.73 Å². The molecule has 5 nitrogen and oxygen atoms in total. The molecule has 2 N–H and O–H groups in total. The number of hydrogen-bond donors (Lipinski definition) is 1. The average molecular weight is 267 g/mol. The molecule has 1 spiro atoms. The minimum atomic E-state index is -0.384. The van der Waals surface area contributed by atoms with Crippen LogP contribution in [-0.2, 0) is 4.74 Å². The minimum absolute atomic E-state index is 0.207. The van der Waals surface area contributed by atoms with Gasteiger partial charge in [-0.25, -0.2) is 4.79 Å². The summed E-state index contributed by atoms with van der Waals surface area (Å²) >= 11 is 0. The molecule has 108 valence electrons. The zero-order valence-corrected chi connectivity index (χ0v) is 12.4. The van der Waals surface area contributed by atoms with Crippen molar-refractivity contribution in [2.24, 2.45) is 22.1 Å². The number of methoxy groups -OCH3 is 1. The van der Waals surface area contributed by atoms with Crippen LogP contribution in [0.5, 0.6) is 0 Å². The summed E-state index contributed by atoms with van der Waals surface area (Å²) in [6.45, 7) is 7.82. The molecule has 2 rings (SSSR count). The normalized spacial score (nSPS) is 33.9. The molecule has 2 aliphatic rings. The topological polar surface area (TPSA) is 67.9 Å². The van der Waals surface area contributed by atoms with Gasteiger partial charge in [0.15, 0.2) is 0 Å². The third-order valence-electron chi connectivity index (χ3n) is 4.75. The Morgan fingerprint density at radius 1 is 1.47 bits per heavy atom. The number of ether oxygens (including phenoxy) is 1. The Bertz CT molecular complexity index is 405. The highest BCUT2D eigenvalue weighted by atomic mass is 16.5. The molecule has 0 bridgehead atoms. The Morgan fingerprint density at radius 3 is 2.74 bits per heavy atom. The van der Waals surface area contributed by atoms with Gasteiger partial charge in [-0.15, -0.1) is 0 Å². The predicted molar refractivity (Wildman–Crippen MR) is 75.1 cm³/mol. The fourth-order valence-corrected chi connectivity index (χ4v) is 3.70. The van der Waals surface area contributed by atoms with Crippen molar-refractivity contribution in [1.82, 2.24) is 4.90 Å².